The summed E-state index contributed by atoms with van der Waals surface area (Å²) < 4.78 is 5.44. The fourth-order valence-corrected chi connectivity index (χ4v) is 4.02. The second-order valence-corrected chi connectivity index (χ2v) is 8.84. The average Bonchev–Trinajstić information content (AvgIpc) is 3.43. The normalized spacial score (nSPS) is 11.0. The molecule has 0 unspecified atom stereocenters. The first kappa shape index (κ1) is 22.6. The Bertz CT molecular complexity index is 1260. The predicted octanol–water partition coefficient (Wildman–Crippen LogP) is 3.76. The van der Waals surface area contributed by atoms with Gasteiger partial charge in [-0.1, -0.05) is 40.7 Å². The lowest BCUT2D eigenvalue weighted by Gasteiger charge is -2.05. The van der Waals surface area contributed by atoms with E-state index in [4.69, 9.17) is 4.74 Å². The maximum absolute atomic E-state index is 12.3. The third-order valence-corrected chi connectivity index (χ3v) is 5.96. The molecule has 0 aliphatic carbocycles. The monoisotopic (exact) mass is 463 g/mol. The molecule has 0 spiro atoms. The fraction of sp³-hybridized carbons (Fsp3) is 0.250. The van der Waals surface area contributed by atoms with Crippen molar-refractivity contribution in [1.29, 1.82) is 0 Å². The molecule has 2 amide bonds. The van der Waals surface area contributed by atoms with Crippen LogP contribution in [0.15, 0.2) is 48.7 Å². The van der Waals surface area contributed by atoms with E-state index in [2.05, 4.69) is 50.9 Å². The van der Waals surface area contributed by atoms with Gasteiger partial charge in [0.15, 0.2) is 0 Å². The summed E-state index contributed by atoms with van der Waals surface area (Å²) in [4.78, 5) is 27.6. The fourth-order valence-electron chi connectivity index (χ4n) is 3.34. The maximum Gasteiger partial charge on any atom is 0.286 e. The molecule has 33 heavy (non-hydrogen) atoms. The second kappa shape index (κ2) is 10.4. The zero-order valence-electron chi connectivity index (χ0n) is 18.5. The molecule has 0 saturated heterocycles. The zero-order valence-corrected chi connectivity index (χ0v) is 19.3. The Morgan fingerprint density at radius 2 is 1.85 bits per heavy atom. The van der Waals surface area contributed by atoms with Crippen molar-refractivity contribution in [3.8, 4) is 0 Å². The first-order valence-corrected chi connectivity index (χ1v) is 11.4. The largest absolute Gasteiger partial charge is 0.364 e. The van der Waals surface area contributed by atoms with Gasteiger partial charge in [0.05, 0.1) is 0 Å². The van der Waals surface area contributed by atoms with E-state index >= 15 is 0 Å². The van der Waals surface area contributed by atoms with Gasteiger partial charge >= 0.3 is 0 Å². The Hall–Kier alpha value is -3.56. The summed E-state index contributed by atoms with van der Waals surface area (Å²) >= 11 is 1.14. The lowest BCUT2D eigenvalue weighted by atomic mass is 10.1. The summed E-state index contributed by atoms with van der Waals surface area (Å²) in [6, 6.07) is 13.8. The highest BCUT2D eigenvalue weighted by atomic mass is 32.1. The van der Waals surface area contributed by atoms with Gasteiger partial charge in [-0.25, -0.2) is 0 Å². The number of amides is 2. The van der Waals surface area contributed by atoms with Crippen LogP contribution in [0.4, 0.5) is 5.69 Å². The first-order chi connectivity index (χ1) is 16.0. The molecular formula is C24H25N5O3S. The molecular weight excluding hydrogens is 438 g/mol. The van der Waals surface area contributed by atoms with Gasteiger partial charge in [0, 0.05) is 29.3 Å². The number of nitrogens with one attached hydrogen (secondary N) is 3. The molecule has 2 heterocycles. The number of benzene rings is 2. The third kappa shape index (κ3) is 6.03. The molecule has 0 saturated carbocycles. The van der Waals surface area contributed by atoms with Crippen LogP contribution in [0.25, 0.3) is 10.9 Å². The smallest absolute Gasteiger partial charge is 0.286 e. The number of carbonyl (C=O) groups is 2. The van der Waals surface area contributed by atoms with Gasteiger partial charge in [0.1, 0.15) is 18.2 Å². The van der Waals surface area contributed by atoms with E-state index in [-0.39, 0.29) is 30.0 Å². The van der Waals surface area contributed by atoms with E-state index in [1.54, 1.807) is 0 Å². The summed E-state index contributed by atoms with van der Waals surface area (Å²) in [5.41, 5.74) is 5.26. The van der Waals surface area contributed by atoms with Crippen LogP contribution in [0.1, 0.15) is 31.5 Å². The van der Waals surface area contributed by atoms with Gasteiger partial charge in [-0.3, -0.25) is 9.59 Å². The molecule has 0 atom stereocenters. The number of aromatic nitrogens is 3. The van der Waals surface area contributed by atoms with Crippen LogP contribution >= 0.6 is 11.3 Å². The molecule has 0 bridgehead atoms. The number of aryl methyl sites for hydroxylation is 2. The summed E-state index contributed by atoms with van der Waals surface area (Å²) in [5.74, 6) is -0.527. The molecule has 0 aliphatic rings. The number of H-pyrrole nitrogens is 1. The number of anilines is 1. The highest BCUT2D eigenvalue weighted by molar-refractivity contribution is 7.13. The van der Waals surface area contributed by atoms with E-state index in [0.717, 1.165) is 28.8 Å². The highest BCUT2D eigenvalue weighted by Crippen LogP contribution is 2.20. The quantitative estimate of drug-likeness (QED) is 0.350. The number of nitrogens with zero attached hydrogens (tertiary/aromatic N) is 2. The van der Waals surface area contributed by atoms with Gasteiger partial charge in [-0.05, 0) is 50.1 Å². The molecule has 4 aromatic rings. The lowest BCUT2D eigenvalue weighted by Crippen LogP contribution is -2.29. The minimum atomic E-state index is -0.326. The SMILES string of the molecule is Cc1ccc(NC(=O)c2nnc(COCC(=O)NCCc3c[nH]c4ccc(C)cc34)s2)cc1. The van der Waals surface area contributed by atoms with Crippen LogP contribution in [0, 0.1) is 13.8 Å². The number of hydrogen-bond donors (Lipinski definition) is 3. The Morgan fingerprint density at radius 3 is 2.67 bits per heavy atom. The van der Waals surface area contributed by atoms with E-state index in [1.165, 1.54) is 16.5 Å². The van der Waals surface area contributed by atoms with E-state index in [9.17, 15) is 9.59 Å². The molecule has 170 valence electrons. The third-order valence-electron chi connectivity index (χ3n) is 5.07. The number of ether oxygens (including phenoxy) is 1. The van der Waals surface area contributed by atoms with Crippen molar-refractivity contribution < 1.29 is 14.3 Å². The van der Waals surface area contributed by atoms with Crippen LogP contribution in [-0.4, -0.2) is 40.1 Å². The minimum Gasteiger partial charge on any atom is -0.364 e. The molecule has 0 fully saturated rings. The van der Waals surface area contributed by atoms with Crippen molar-refractivity contribution >= 4 is 39.7 Å². The van der Waals surface area contributed by atoms with Gasteiger partial charge in [-0.15, -0.1) is 10.2 Å². The van der Waals surface area contributed by atoms with Crippen molar-refractivity contribution in [2.75, 3.05) is 18.5 Å². The Kier molecular flexibility index (Phi) is 7.11. The standard InChI is InChI=1S/C24H25N5O3S/c1-15-3-6-18(7-4-15)27-23(31)24-29-28-22(33-24)14-32-13-21(30)25-10-9-17-12-26-20-8-5-16(2)11-19(17)20/h3-8,11-12,26H,9-10,13-14H2,1-2H3,(H,25,30)(H,27,31). The maximum atomic E-state index is 12.3. The van der Waals surface area contributed by atoms with Crippen LogP contribution < -0.4 is 10.6 Å². The topological polar surface area (TPSA) is 109 Å². The molecule has 2 aromatic carbocycles. The van der Waals surface area contributed by atoms with E-state index in [0.29, 0.717) is 17.2 Å². The Labute approximate surface area is 195 Å². The molecule has 4 rings (SSSR count). The second-order valence-electron chi connectivity index (χ2n) is 7.78. The van der Waals surface area contributed by atoms with Crippen LogP contribution in [0.2, 0.25) is 0 Å². The van der Waals surface area contributed by atoms with Crippen LogP contribution in [0.3, 0.4) is 0 Å². The van der Waals surface area contributed by atoms with Crippen molar-refractivity contribution in [1.82, 2.24) is 20.5 Å². The van der Waals surface area contributed by atoms with Gasteiger partial charge in [-0.2, -0.15) is 0 Å². The van der Waals surface area contributed by atoms with Crippen molar-refractivity contribution in [3.63, 3.8) is 0 Å². The summed E-state index contributed by atoms with van der Waals surface area (Å²) in [6.07, 6.45) is 2.71. The van der Waals surface area contributed by atoms with E-state index in [1.807, 2.05) is 37.4 Å². The number of carbonyl (C=O) groups excluding carboxylic acids is 2. The van der Waals surface area contributed by atoms with Gasteiger partial charge < -0.3 is 20.4 Å². The highest BCUT2D eigenvalue weighted by Gasteiger charge is 2.14. The van der Waals surface area contributed by atoms with Crippen molar-refractivity contribution in [2.45, 2.75) is 26.9 Å². The molecule has 3 N–H and O–H groups in total. The molecule has 8 nitrogen and oxygen atoms in total. The summed E-state index contributed by atoms with van der Waals surface area (Å²) in [7, 11) is 0. The summed E-state index contributed by atoms with van der Waals surface area (Å²) in [5, 5.41) is 15.5. The van der Waals surface area contributed by atoms with E-state index < -0.39 is 0 Å². The Balaban J connectivity index is 1.18. The minimum absolute atomic E-state index is 0.0858. The molecule has 0 radical (unpaired) electrons. The lowest BCUT2D eigenvalue weighted by molar-refractivity contribution is -0.126. The molecule has 2 aromatic heterocycles. The molecule has 9 heteroatoms. The first-order valence-electron chi connectivity index (χ1n) is 10.6. The molecule has 0 aliphatic heterocycles. The predicted molar refractivity (Wildman–Crippen MR) is 128 cm³/mol. The zero-order chi connectivity index (χ0) is 23.2. The number of rotatable bonds is 9. The van der Waals surface area contributed by atoms with Crippen LogP contribution in [-0.2, 0) is 22.6 Å². The van der Waals surface area contributed by atoms with Crippen molar-refractivity contribution in [3.05, 3.63) is 75.4 Å². The number of fused-ring (bicyclic) bond motifs is 1. The van der Waals surface area contributed by atoms with Gasteiger partial charge in [0.25, 0.3) is 5.91 Å². The van der Waals surface area contributed by atoms with Crippen LogP contribution in [0.5, 0.6) is 0 Å². The number of aromatic amines is 1. The van der Waals surface area contributed by atoms with Gasteiger partial charge in [0.2, 0.25) is 10.9 Å². The average molecular weight is 464 g/mol. The summed E-state index contributed by atoms with van der Waals surface area (Å²) in [6.45, 7) is 4.59. The van der Waals surface area contributed by atoms with Crippen molar-refractivity contribution in [2.24, 2.45) is 0 Å². The number of hydrogen-bond acceptors (Lipinski definition) is 6. The Morgan fingerprint density at radius 1 is 1.06 bits per heavy atom.